The molecule has 2 aromatic heterocycles. The second kappa shape index (κ2) is 6.52. The minimum Gasteiger partial charge on any atom is -0.328 e. The topological polar surface area (TPSA) is 72.7 Å². The lowest BCUT2D eigenvalue weighted by atomic mass is 9.73. The Hall–Kier alpha value is -2.99. The number of halogens is 1. The molecule has 1 aromatic carbocycles. The van der Waals surface area contributed by atoms with Crippen molar-refractivity contribution in [3.8, 4) is 11.4 Å². The van der Waals surface area contributed by atoms with Crippen molar-refractivity contribution in [1.29, 1.82) is 0 Å². The van der Waals surface area contributed by atoms with E-state index in [0.717, 1.165) is 28.8 Å². The molecule has 0 bridgehead atoms. The fourth-order valence-electron chi connectivity index (χ4n) is 4.22. The number of aromatic nitrogens is 4. The van der Waals surface area contributed by atoms with Gasteiger partial charge in [0.2, 0.25) is 5.95 Å². The number of Topliss-reactive ketones (excluding diaryl/α,β-unsaturated/α-hetero) is 1. The summed E-state index contributed by atoms with van der Waals surface area (Å²) < 4.78 is 1.79. The lowest BCUT2D eigenvalue weighted by Gasteiger charge is -2.38. The van der Waals surface area contributed by atoms with Crippen molar-refractivity contribution >= 4 is 23.3 Å². The number of fused-ring (bicyclic) bond motifs is 1. The van der Waals surface area contributed by atoms with E-state index < -0.39 is 0 Å². The van der Waals surface area contributed by atoms with Crippen LogP contribution in [-0.2, 0) is 4.79 Å². The van der Waals surface area contributed by atoms with E-state index in [1.165, 1.54) is 0 Å². The summed E-state index contributed by atoms with van der Waals surface area (Å²) in [7, 11) is 0. The van der Waals surface area contributed by atoms with E-state index >= 15 is 0 Å². The molecule has 1 aliphatic carbocycles. The lowest BCUT2D eigenvalue weighted by Crippen LogP contribution is -2.36. The third-order valence-electron chi connectivity index (χ3n) is 5.47. The second-order valence-electron chi connectivity index (χ2n) is 8.32. The number of anilines is 1. The van der Waals surface area contributed by atoms with E-state index in [4.69, 9.17) is 21.7 Å². The second-order valence-corrected chi connectivity index (χ2v) is 8.73. The van der Waals surface area contributed by atoms with Crippen LogP contribution in [0.5, 0.6) is 0 Å². The third kappa shape index (κ3) is 3.04. The van der Waals surface area contributed by atoms with Crippen LogP contribution in [0.2, 0.25) is 5.02 Å². The van der Waals surface area contributed by atoms with Gasteiger partial charge in [-0.1, -0.05) is 37.6 Å². The molecule has 7 heteroatoms. The molecule has 1 N–H and O–H groups in total. The van der Waals surface area contributed by atoms with Gasteiger partial charge in [0.25, 0.3) is 0 Å². The maximum absolute atomic E-state index is 13.2. The first-order valence-corrected chi connectivity index (χ1v) is 9.95. The number of pyridine rings is 1. The monoisotopic (exact) mass is 405 g/mol. The van der Waals surface area contributed by atoms with Crippen molar-refractivity contribution in [3.05, 3.63) is 70.6 Å². The zero-order valence-electron chi connectivity index (χ0n) is 16.2. The van der Waals surface area contributed by atoms with Crippen molar-refractivity contribution in [1.82, 2.24) is 19.7 Å². The zero-order valence-corrected chi connectivity index (χ0v) is 16.9. The number of carbonyl (C=O) groups excluding carboxylic acids is 1. The molecular weight excluding hydrogens is 386 g/mol. The molecule has 5 rings (SSSR count). The first-order chi connectivity index (χ1) is 13.9. The molecule has 1 unspecified atom stereocenters. The number of nitrogens with one attached hydrogen (secondary N) is 1. The van der Waals surface area contributed by atoms with E-state index in [-0.39, 0.29) is 17.2 Å². The summed E-state index contributed by atoms with van der Waals surface area (Å²) in [6.07, 6.45) is 4.77. The van der Waals surface area contributed by atoms with Crippen molar-refractivity contribution < 1.29 is 4.79 Å². The number of rotatable bonds is 2. The third-order valence-corrected chi connectivity index (χ3v) is 5.80. The van der Waals surface area contributed by atoms with Crippen molar-refractivity contribution in [2.75, 3.05) is 5.32 Å². The molecule has 1 aliphatic heterocycles. The highest BCUT2D eigenvalue weighted by Gasteiger charge is 2.41. The summed E-state index contributed by atoms with van der Waals surface area (Å²) >= 11 is 6.38. The van der Waals surface area contributed by atoms with Gasteiger partial charge in [0.05, 0.1) is 5.02 Å². The smallest absolute Gasteiger partial charge is 0.226 e. The van der Waals surface area contributed by atoms with Crippen LogP contribution in [-0.4, -0.2) is 25.5 Å². The predicted molar refractivity (Wildman–Crippen MR) is 112 cm³/mol. The Kier molecular flexibility index (Phi) is 4.06. The first-order valence-electron chi connectivity index (χ1n) is 9.58. The lowest BCUT2D eigenvalue weighted by molar-refractivity contribution is -0.118. The Bertz CT molecular complexity index is 1150. The normalized spacial score (nSPS) is 20.1. The minimum atomic E-state index is -0.336. The van der Waals surface area contributed by atoms with Crippen LogP contribution in [0, 0.1) is 5.41 Å². The molecule has 2 aliphatic rings. The number of nitrogens with zero attached hydrogens (tertiary/aromatic N) is 4. The maximum Gasteiger partial charge on any atom is 0.226 e. The molecule has 146 valence electrons. The molecule has 1 atom stereocenters. The van der Waals surface area contributed by atoms with Crippen molar-refractivity contribution in [2.24, 2.45) is 5.41 Å². The van der Waals surface area contributed by atoms with E-state index in [9.17, 15) is 4.79 Å². The molecule has 0 amide bonds. The summed E-state index contributed by atoms with van der Waals surface area (Å²) in [5.41, 5.74) is 3.31. The Morgan fingerprint density at radius 2 is 1.90 bits per heavy atom. The van der Waals surface area contributed by atoms with Crippen LogP contribution >= 0.6 is 11.6 Å². The van der Waals surface area contributed by atoms with E-state index in [1.807, 2.05) is 36.4 Å². The summed E-state index contributed by atoms with van der Waals surface area (Å²) in [5, 5.41) is 8.73. The number of hydrogen-bond donors (Lipinski definition) is 1. The van der Waals surface area contributed by atoms with E-state index in [1.54, 1.807) is 17.1 Å². The van der Waals surface area contributed by atoms with Crippen molar-refractivity contribution in [3.63, 3.8) is 0 Å². The average molecular weight is 406 g/mol. The molecule has 3 aromatic rings. The fourth-order valence-corrected chi connectivity index (χ4v) is 4.44. The highest BCUT2D eigenvalue weighted by molar-refractivity contribution is 6.33. The van der Waals surface area contributed by atoms with Gasteiger partial charge in [0.15, 0.2) is 11.6 Å². The molecular formula is C22H20ClN5O. The number of allylic oxidation sites excluding steroid dienone is 2. The number of carbonyl (C=O) groups is 1. The molecule has 0 saturated carbocycles. The van der Waals surface area contributed by atoms with Crippen LogP contribution in [0.4, 0.5) is 5.95 Å². The zero-order chi connectivity index (χ0) is 20.2. The van der Waals surface area contributed by atoms with Gasteiger partial charge in [0.1, 0.15) is 6.04 Å². The Morgan fingerprint density at radius 3 is 2.66 bits per heavy atom. The Morgan fingerprint density at radius 1 is 1.14 bits per heavy atom. The number of hydrogen-bond acceptors (Lipinski definition) is 5. The van der Waals surface area contributed by atoms with Crippen LogP contribution in [0.15, 0.2) is 60.1 Å². The minimum absolute atomic E-state index is 0.0977. The Labute approximate surface area is 173 Å². The maximum atomic E-state index is 13.2. The van der Waals surface area contributed by atoms with E-state index in [0.29, 0.717) is 23.2 Å². The van der Waals surface area contributed by atoms with Crippen LogP contribution in [0.25, 0.3) is 11.4 Å². The molecule has 29 heavy (non-hydrogen) atoms. The van der Waals surface area contributed by atoms with Crippen molar-refractivity contribution in [2.45, 2.75) is 32.7 Å². The average Bonchev–Trinajstić information content (AvgIpc) is 3.09. The standard InChI is InChI=1S/C22H20ClN5O/c1-22(2)11-16-18(17(29)12-22)19(13-7-9-24-10-8-13)28-21(25-16)26-20(27-28)14-5-3-4-6-15(14)23/h3-10,19H,11-12H2,1-2H3,(H,25,26,27). The summed E-state index contributed by atoms with van der Waals surface area (Å²) in [5.74, 6) is 1.29. The van der Waals surface area contributed by atoms with Crippen LogP contribution in [0.1, 0.15) is 38.3 Å². The number of benzene rings is 1. The van der Waals surface area contributed by atoms with Gasteiger partial charge in [-0.25, -0.2) is 4.68 Å². The summed E-state index contributed by atoms with van der Waals surface area (Å²) in [4.78, 5) is 22.0. The Balaban J connectivity index is 1.70. The summed E-state index contributed by atoms with van der Waals surface area (Å²) in [6, 6.07) is 11.0. The largest absolute Gasteiger partial charge is 0.328 e. The summed E-state index contributed by atoms with van der Waals surface area (Å²) in [6.45, 7) is 4.23. The van der Waals surface area contributed by atoms with Crippen LogP contribution < -0.4 is 5.32 Å². The molecule has 0 radical (unpaired) electrons. The van der Waals surface area contributed by atoms with Gasteiger partial charge >= 0.3 is 0 Å². The van der Waals surface area contributed by atoms with Crippen LogP contribution in [0.3, 0.4) is 0 Å². The SMILES string of the molecule is CC1(C)CC(=O)C2=C(C1)Nc1nc(-c3ccccc3Cl)nn1C2c1ccncc1. The number of ketones is 1. The molecule has 6 nitrogen and oxygen atoms in total. The quantitative estimate of drug-likeness (QED) is 0.671. The molecule has 0 fully saturated rings. The van der Waals surface area contributed by atoms with E-state index in [2.05, 4.69) is 24.1 Å². The highest BCUT2D eigenvalue weighted by atomic mass is 35.5. The molecule has 0 saturated heterocycles. The predicted octanol–water partition coefficient (Wildman–Crippen LogP) is 4.65. The van der Waals surface area contributed by atoms with Gasteiger partial charge in [-0.15, -0.1) is 5.10 Å². The molecule has 3 heterocycles. The first kappa shape index (κ1) is 18.1. The van der Waals surface area contributed by atoms with Gasteiger partial charge in [-0.2, -0.15) is 4.98 Å². The fraction of sp³-hybridized carbons (Fsp3) is 0.273. The molecule has 0 spiro atoms. The van der Waals surface area contributed by atoms with Gasteiger partial charge in [-0.3, -0.25) is 9.78 Å². The van der Waals surface area contributed by atoms with Gasteiger partial charge < -0.3 is 5.32 Å². The van der Waals surface area contributed by atoms with Gasteiger partial charge in [0, 0.05) is 35.6 Å². The van der Waals surface area contributed by atoms with Gasteiger partial charge in [-0.05, 0) is 41.7 Å². The highest BCUT2D eigenvalue weighted by Crippen LogP contribution is 2.45.